The van der Waals surface area contributed by atoms with E-state index in [2.05, 4.69) is 25.9 Å². The number of nitrogens with one attached hydrogen (secondary N) is 3. The number of para-hydroxylation sites is 1. The first-order valence-electron chi connectivity index (χ1n) is 16.0. The number of halogens is 1. The zero-order chi connectivity index (χ0) is 34.8. The summed E-state index contributed by atoms with van der Waals surface area (Å²) in [5.74, 6) is -0.729. The number of nitrogens with zero attached hydrogens (tertiary/aromatic N) is 3. The lowest BCUT2D eigenvalue weighted by Gasteiger charge is -2.30. The maximum Gasteiger partial charge on any atom is 0.412 e. The van der Waals surface area contributed by atoms with Crippen LogP contribution in [0, 0.1) is 5.82 Å². The minimum absolute atomic E-state index is 0.0269. The van der Waals surface area contributed by atoms with Gasteiger partial charge in [0.05, 0.1) is 16.6 Å². The van der Waals surface area contributed by atoms with Gasteiger partial charge in [-0.3, -0.25) is 10.1 Å². The molecule has 2 atom stereocenters. The number of anilines is 2. The van der Waals surface area contributed by atoms with E-state index in [0.29, 0.717) is 34.1 Å². The van der Waals surface area contributed by atoms with E-state index in [4.69, 9.17) is 4.74 Å². The Morgan fingerprint density at radius 3 is 2.37 bits per heavy atom. The molecule has 3 N–H and O–H groups in total. The van der Waals surface area contributed by atoms with Crippen LogP contribution in [0.15, 0.2) is 96.2 Å². The molecule has 0 radical (unpaired) electrons. The second kappa shape index (κ2) is 13.7. The molecule has 2 aromatic heterocycles. The van der Waals surface area contributed by atoms with E-state index in [0.717, 1.165) is 29.4 Å². The molecule has 3 aromatic carbocycles. The second-order valence-electron chi connectivity index (χ2n) is 12.9. The molecule has 1 aliphatic rings. The number of amides is 2. The maximum atomic E-state index is 15.3. The number of carbonyl (C=O) groups is 2. The van der Waals surface area contributed by atoms with Gasteiger partial charge in [0.15, 0.2) is 5.82 Å². The standard InChI is InChI=1S/C36H37FN6O5S/c1-36(2,3)48-35(45)41-24-18-16-23(17-19-24)33(44)39-25-10-9-11-26(20-25)40-34-38-21-30(37)32(42-34)29-22-43(31-15-8-7-14-28(29)31)49(46,47)27-12-5-4-6-13-27/h4-8,12-19,21-22,25-26H,9-11,20H2,1-3H3,(H,39,44)(H,41,45)(H,38,40,42)/t25-,26+/m0/s1. The average Bonchev–Trinajstić information content (AvgIpc) is 3.46. The number of aromatic nitrogens is 3. The Balaban J connectivity index is 1.15. The van der Waals surface area contributed by atoms with Gasteiger partial charge in [-0.25, -0.2) is 31.5 Å². The number of fused-ring (bicyclic) bond motifs is 1. The van der Waals surface area contributed by atoms with Crippen molar-refractivity contribution in [2.24, 2.45) is 0 Å². The molecule has 6 rings (SSSR count). The third-order valence-electron chi connectivity index (χ3n) is 8.11. The van der Waals surface area contributed by atoms with Crippen molar-refractivity contribution in [3.63, 3.8) is 0 Å². The van der Waals surface area contributed by atoms with Crippen LogP contribution < -0.4 is 16.0 Å². The molecule has 11 nitrogen and oxygen atoms in total. The van der Waals surface area contributed by atoms with Crippen LogP contribution in [0.3, 0.4) is 0 Å². The summed E-state index contributed by atoms with van der Waals surface area (Å²) in [6.07, 6.45) is 4.90. The Bertz CT molecular complexity index is 2100. The van der Waals surface area contributed by atoms with Gasteiger partial charge in [0.1, 0.15) is 11.3 Å². The summed E-state index contributed by atoms with van der Waals surface area (Å²) >= 11 is 0. The molecule has 13 heteroatoms. The van der Waals surface area contributed by atoms with E-state index in [1.165, 1.54) is 18.3 Å². The topological polar surface area (TPSA) is 144 Å². The lowest BCUT2D eigenvalue weighted by atomic mass is 9.91. The van der Waals surface area contributed by atoms with Gasteiger partial charge in [-0.05, 0) is 88.9 Å². The lowest BCUT2D eigenvalue weighted by molar-refractivity contribution is 0.0635. The fourth-order valence-electron chi connectivity index (χ4n) is 5.90. The molecular weight excluding hydrogens is 647 g/mol. The van der Waals surface area contributed by atoms with Crippen LogP contribution in [0.1, 0.15) is 56.8 Å². The largest absolute Gasteiger partial charge is 0.444 e. The molecule has 0 unspecified atom stereocenters. The Morgan fingerprint density at radius 1 is 0.939 bits per heavy atom. The summed E-state index contributed by atoms with van der Waals surface area (Å²) in [5, 5.41) is 9.56. The van der Waals surface area contributed by atoms with Crippen molar-refractivity contribution in [2.45, 2.75) is 69.0 Å². The third kappa shape index (κ3) is 7.72. The van der Waals surface area contributed by atoms with Gasteiger partial charge < -0.3 is 15.4 Å². The molecule has 2 amide bonds. The van der Waals surface area contributed by atoms with Gasteiger partial charge >= 0.3 is 6.09 Å². The first-order valence-corrected chi connectivity index (χ1v) is 17.4. The first-order chi connectivity index (χ1) is 23.4. The molecule has 0 bridgehead atoms. The summed E-state index contributed by atoms with van der Waals surface area (Å²) in [6.45, 7) is 5.33. The van der Waals surface area contributed by atoms with Crippen LogP contribution in [0.5, 0.6) is 0 Å². The van der Waals surface area contributed by atoms with Crippen molar-refractivity contribution in [1.29, 1.82) is 0 Å². The second-order valence-corrected chi connectivity index (χ2v) is 14.8. The van der Waals surface area contributed by atoms with E-state index in [-0.39, 0.29) is 34.5 Å². The molecule has 1 aliphatic carbocycles. The summed E-state index contributed by atoms with van der Waals surface area (Å²) in [5.41, 5.74) is 1.02. The minimum atomic E-state index is -3.97. The van der Waals surface area contributed by atoms with Crippen molar-refractivity contribution in [3.05, 3.63) is 103 Å². The predicted octanol–water partition coefficient (Wildman–Crippen LogP) is 6.97. The van der Waals surface area contributed by atoms with Crippen LogP contribution in [-0.2, 0) is 14.8 Å². The summed E-state index contributed by atoms with van der Waals surface area (Å²) in [7, 11) is -3.97. The Labute approximate surface area is 284 Å². The average molecular weight is 685 g/mol. The molecule has 254 valence electrons. The highest BCUT2D eigenvalue weighted by Crippen LogP contribution is 2.34. The highest BCUT2D eigenvalue weighted by atomic mass is 32.2. The lowest BCUT2D eigenvalue weighted by Crippen LogP contribution is -2.42. The smallest absolute Gasteiger partial charge is 0.412 e. The van der Waals surface area contributed by atoms with Crippen molar-refractivity contribution < 1.29 is 27.1 Å². The van der Waals surface area contributed by atoms with E-state index in [1.807, 2.05) is 0 Å². The summed E-state index contributed by atoms with van der Waals surface area (Å²) in [6, 6.07) is 21.3. The van der Waals surface area contributed by atoms with Crippen molar-refractivity contribution in [3.8, 4) is 11.3 Å². The fourth-order valence-corrected chi connectivity index (χ4v) is 7.29. The molecule has 1 fully saturated rings. The Morgan fingerprint density at radius 2 is 1.63 bits per heavy atom. The molecule has 0 saturated heterocycles. The zero-order valence-corrected chi connectivity index (χ0v) is 28.1. The molecule has 1 saturated carbocycles. The minimum Gasteiger partial charge on any atom is -0.444 e. The van der Waals surface area contributed by atoms with E-state index < -0.39 is 27.5 Å². The third-order valence-corrected chi connectivity index (χ3v) is 9.80. The SMILES string of the molecule is CC(C)(C)OC(=O)Nc1ccc(C(=O)N[C@H]2CCC[C@@H](Nc3ncc(F)c(-c4cn(S(=O)(=O)c5ccccc5)c5ccccc45)n3)C2)cc1. The van der Waals surface area contributed by atoms with Crippen molar-refractivity contribution in [2.75, 3.05) is 10.6 Å². The van der Waals surface area contributed by atoms with Crippen molar-refractivity contribution >= 4 is 44.6 Å². The molecule has 0 aliphatic heterocycles. The van der Waals surface area contributed by atoms with Crippen LogP contribution in [-0.4, -0.2) is 52.0 Å². The number of ether oxygens (including phenoxy) is 1. The summed E-state index contributed by atoms with van der Waals surface area (Å²) in [4.78, 5) is 33.9. The number of hydrogen-bond acceptors (Lipinski definition) is 8. The monoisotopic (exact) mass is 684 g/mol. The molecule has 49 heavy (non-hydrogen) atoms. The Kier molecular flexibility index (Phi) is 9.37. The first kappa shape index (κ1) is 33.6. The van der Waals surface area contributed by atoms with Crippen LogP contribution >= 0.6 is 0 Å². The number of rotatable bonds is 8. The maximum absolute atomic E-state index is 15.3. The highest BCUT2D eigenvalue weighted by Gasteiger charge is 2.27. The summed E-state index contributed by atoms with van der Waals surface area (Å²) < 4.78 is 48.9. The van der Waals surface area contributed by atoms with Crippen molar-refractivity contribution in [1.82, 2.24) is 19.3 Å². The number of benzene rings is 3. The van der Waals surface area contributed by atoms with Gasteiger partial charge in [-0.15, -0.1) is 0 Å². The predicted molar refractivity (Wildman–Crippen MR) is 185 cm³/mol. The van der Waals surface area contributed by atoms with Crippen LogP contribution in [0.2, 0.25) is 0 Å². The van der Waals surface area contributed by atoms with Gasteiger partial charge in [0.25, 0.3) is 15.9 Å². The molecule has 2 heterocycles. The fraction of sp³-hybridized carbons (Fsp3) is 0.278. The molecular formula is C36H37FN6O5S. The zero-order valence-electron chi connectivity index (χ0n) is 27.3. The normalized spacial score (nSPS) is 16.6. The highest BCUT2D eigenvalue weighted by molar-refractivity contribution is 7.90. The van der Waals surface area contributed by atoms with Gasteiger partial charge in [-0.2, -0.15) is 0 Å². The Hall–Kier alpha value is -5.30. The van der Waals surface area contributed by atoms with E-state index in [9.17, 15) is 18.0 Å². The number of carbonyl (C=O) groups excluding carboxylic acids is 2. The quantitative estimate of drug-likeness (QED) is 0.159. The van der Waals surface area contributed by atoms with Crippen LogP contribution in [0.25, 0.3) is 22.2 Å². The van der Waals surface area contributed by atoms with Gasteiger partial charge in [0, 0.05) is 40.5 Å². The van der Waals surface area contributed by atoms with Crippen LogP contribution in [0.4, 0.5) is 20.8 Å². The molecule has 5 aromatic rings. The van der Waals surface area contributed by atoms with Gasteiger partial charge in [0.2, 0.25) is 5.95 Å². The molecule has 0 spiro atoms. The number of hydrogen-bond donors (Lipinski definition) is 3. The van der Waals surface area contributed by atoms with E-state index >= 15 is 4.39 Å². The van der Waals surface area contributed by atoms with E-state index in [1.54, 1.807) is 87.5 Å². The van der Waals surface area contributed by atoms with Gasteiger partial charge in [-0.1, -0.05) is 36.4 Å².